The quantitative estimate of drug-likeness (QED) is 0.675. The number of amides is 3. The number of fused-ring (bicyclic) bond motifs is 1. The third-order valence-electron chi connectivity index (χ3n) is 5.96. The highest BCUT2D eigenvalue weighted by Crippen LogP contribution is 2.26. The summed E-state index contributed by atoms with van der Waals surface area (Å²) >= 11 is 0. The smallest absolute Gasteiger partial charge is 0.322 e. The Morgan fingerprint density at radius 2 is 1.94 bits per heavy atom. The van der Waals surface area contributed by atoms with E-state index < -0.39 is 5.95 Å². The van der Waals surface area contributed by atoms with Crippen LogP contribution in [0.5, 0.6) is 0 Å². The van der Waals surface area contributed by atoms with E-state index in [1.807, 2.05) is 18.7 Å². The molecule has 1 saturated heterocycles. The Morgan fingerprint density at radius 1 is 1.16 bits per heavy atom. The molecule has 1 aromatic carbocycles. The van der Waals surface area contributed by atoms with E-state index in [0.29, 0.717) is 38.4 Å². The van der Waals surface area contributed by atoms with Crippen molar-refractivity contribution in [1.29, 1.82) is 0 Å². The van der Waals surface area contributed by atoms with Crippen LogP contribution in [-0.4, -0.2) is 66.0 Å². The second kappa shape index (κ2) is 9.52. The van der Waals surface area contributed by atoms with Gasteiger partial charge in [-0.05, 0) is 43.2 Å². The van der Waals surface area contributed by atoms with Gasteiger partial charge >= 0.3 is 6.03 Å². The minimum Gasteiger partial charge on any atom is -0.365 e. The van der Waals surface area contributed by atoms with Gasteiger partial charge in [0.1, 0.15) is 5.69 Å². The van der Waals surface area contributed by atoms with Gasteiger partial charge in [-0.2, -0.15) is 4.39 Å². The van der Waals surface area contributed by atoms with Crippen LogP contribution < -0.4 is 15.5 Å². The summed E-state index contributed by atoms with van der Waals surface area (Å²) in [6.07, 6.45) is 0. The number of aromatic nitrogens is 1. The minimum absolute atomic E-state index is 0.0559. The molecule has 3 amide bonds. The molecule has 170 valence electrons. The van der Waals surface area contributed by atoms with Gasteiger partial charge in [-0.25, -0.2) is 9.78 Å². The summed E-state index contributed by atoms with van der Waals surface area (Å²) in [6, 6.07) is 9.39. The molecule has 2 aliphatic rings. The maximum absolute atomic E-state index is 14.5. The van der Waals surface area contributed by atoms with Gasteiger partial charge in [-0.1, -0.05) is 12.1 Å². The zero-order valence-electron chi connectivity index (χ0n) is 18.5. The van der Waals surface area contributed by atoms with Crippen LogP contribution in [0.25, 0.3) is 0 Å². The summed E-state index contributed by atoms with van der Waals surface area (Å²) in [6.45, 7) is 9.25. The number of nitrogens with zero attached hydrogens (tertiary/aromatic N) is 4. The average molecular weight is 441 g/mol. The minimum atomic E-state index is -0.617. The average Bonchev–Trinajstić information content (AvgIpc) is 2.79. The van der Waals surface area contributed by atoms with Gasteiger partial charge in [-0.15, -0.1) is 0 Å². The first-order valence-corrected chi connectivity index (χ1v) is 11.1. The Balaban J connectivity index is 1.35. The number of carbonyl (C=O) groups is 2. The van der Waals surface area contributed by atoms with Crippen LogP contribution in [0.3, 0.4) is 0 Å². The lowest BCUT2D eigenvalue weighted by molar-refractivity contribution is 0.0949. The van der Waals surface area contributed by atoms with E-state index in [9.17, 15) is 14.0 Å². The summed E-state index contributed by atoms with van der Waals surface area (Å²) < 4.78 is 14.5. The van der Waals surface area contributed by atoms with E-state index in [4.69, 9.17) is 0 Å². The largest absolute Gasteiger partial charge is 0.365 e. The first-order chi connectivity index (χ1) is 15.5. The highest BCUT2D eigenvalue weighted by Gasteiger charge is 2.23. The van der Waals surface area contributed by atoms with Crippen LogP contribution in [0.4, 0.5) is 20.6 Å². The Bertz CT molecular complexity index is 1010. The van der Waals surface area contributed by atoms with Crippen molar-refractivity contribution in [3.05, 3.63) is 53.1 Å². The number of rotatable bonds is 6. The van der Waals surface area contributed by atoms with Crippen LogP contribution in [0.2, 0.25) is 0 Å². The summed E-state index contributed by atoms with van der Waals surface area (Å²) in [7, 11) is 0. The fourth-order valence-corrected chi connectivity index (χ4v) is 4.15. The molecule has 0 radical (unpaired) electrons. The number of hydrogen-bond acceptors (Lipinski definition) is 5. The number of anilines is 2. The zero-order valence-corrected chi connectivity index (χ0v) is 18.5. The zero-order chi connectivity index (χ0) is 22.7. The van der Waals surface area contributed by atoms with Gasteiger partial charge in [0.2, 0.25) is 5.95 Å². The summed E-state index contributed by atoms with van der Waals surface area (Å²) in [5, 5.41) is 5.61. The topological polar surface area (TPSA) is 80.8 Å². The molecule has 9 heteroatoms. The molecular formula is C23H29FN6O2. The maximum atomic E-state index is 14.5. The molecule has 1 fully saturated rings. The predicted molar refractivity (Wildman–Crippen MR) is 121 cm³/mol. The SMILES string of the molecule is CCNC(=O)c1ccc(N2CCN(Cc3ccc4c(c3)NC(=O)N(CC)C4)CC2)c(F)n1. The lowest BCUT2D eigenvalue weighted by Crippen LogP contribution is -2.46. The number of halogens is 1. The van der Waals surface area contributed by atoms with Gasteiger partial charge in [0.25, 0.3) is 5.91 Å². The molecule has 1 aromatic heterocycles. The standard InChI is InChI=1S/C23H29FN6O2/c1-3-25-22(31)18-7-8-20(21(24)26-18)30-11-9-28(10-12-30)14-16-5-6-17-15-29(4-2)23(32)27-19(17)13-16/h5-8,13H,3-4,9-12,14-15H2,1-2H3,(H,25,31)(H,27,32). The van der Waals surface area contributed by atoms with E-state index in [1.54, 1.807) is 17.0 Å². The molecule has 0 spiro atoms. The Morgan fingerprint density at radius 3 is 2.62 bits per heavy atom. The van der Waals surface area contributed by atoms with Crippen molar-refractivity contribution >= 4 is 23.3 Å². The summed E-state index contributed by atoms with van der Waals surface area (Å²) in [4.78, 5) is 33.9. The second-order valence-electron chi connectivity index (χ2n) is 8.06. The number of benzene rings is 1. The van der Waals surface area contributed by atoms with Gasteiger partial charge in [-0.3, -0.25) is 9.69 Å². The van der Waals surface area contributed by atoms with Gasteiger partial charge < -0.3 is 20.4 Å². The van der Waals surface area contributed by atoms with E-state index in [1.165, 1.54) is 0 Å². The second-order valence-corrected chi connectivity index (χ2v) is 8.06. The summed E-state index contributed by atoms with van der Waals surface area (Å²) in [5.41, 5.74) is 3.67. The molecule has 8 nitrogen and oxygen atoms in total. The molecule has 0 atom stereocenters. The lowest BCUT2D eigenvalue weighted by Gasteiger charge is -2.36. The molecule has 0 unspecified atom stereocenters. The number of hydrogen-bond donors (Lipinski definition) is 2. The molecule has 3 heterocycles. The van der Waals surface area contributed by atoms with Crippen LogP contribution in [0, 0.1) is 5.95 Å². The van der Waals surface area contributed by atoms with E-state index in [0.717, 1.165) is 36.4 Å². The van der Waals surface area contributed by atoms with Crippen molar-refractivity contribution < 1.29 is 14.0 Å². The van der Waals surface area contributed by atoms with Crippen molar-refractivity contribution in [2.24, 2.45) is 0 Å². The molecule has 2 aliphatic heterocycles. The molecule has 4 rings (SSSR count). The third kappa shape index (κ3) is 4.67. The Hall–Kier alpha value is -3.20. The van der Waals surface area contributed by atoms with Crippen LogP contribution in [-0.2, 0) is 13.1 Å². The van der Waals surface area contributed by atoms with Crippen molar-refractivity contribution in [3.8, 4) is 0 Å². The number of pyridine rings is 1. The van der Waals surface area contributed by atoms with Crippen LogP contribution >= 0.6 is 0 Å². The van der Waals surface area contributed by atoms with E-state index in [2.05, 4.69) is 38.7 Å². The van der Waals surface area contributed by atoms with Crippen LogP contribution in [0.15, 0.2) is 30.3 Å². The van der Waals surface area contributed by atoms with Crippen molar-refractivity contribution in [2.75, 3.05) is 49.5 Å². The van der Waals surface area contributed by atoms with Crippen molar-refractivity contribution in [2.45, 2.75) is 26.9 Å². The Labute approximate surface area is 187 Å². The number of carbonyl (C=O) groups excluding carboxylic acids is 2. The Kier molecular flexibility index (Phi) is 6.55. The monoisotopic (exact) mass is 440 g/mol. The number of urea groups is 1. The first kappa shape index (κ1) is 22.0. The van der Waals surface area contributed by atoms with Crippen molar-refractivity contribution in [3.63, 3.8) is 0 Å². The fraction of sp³-hybridized carbons (Fsp3) is 0.435. The lowest BCUT2D eigenvalue weighted by atomic mass is 10.1. The molecular weight excluding hydrogens is 411 g/mol. The number of piperazine rings is 1. The molecule has 0 aliphatic carbocycles. The van der Waals surface area contributed by atoms with E-state index in [-0.39, 0.29) is 17.6 Å². The molecule has 32 heavy (non-hydrogen) atoms. The normalized spacial score (nSPS) is 16.5. The van der Waals surface area contributed by atoms with E-state index >= 15 is 0 Å². The highest BCUT2D eigenvalue weighted by molar-refractivity contribution is 5.93. The molecule has 0 saturated carbocycles. The van der Waals surface area contributed by atoms with Gasteiger partial charge in [0.05, 0.1) is 5.69 Å². The highest BCUT2D eigenvalue weighted by atomic mass is 19.1. The third-order valence-corrected chi connectivity index (χ3v) is 5.96. The maximum Gasteiger partial charge on any atom is 0.322 e. The molecule has 0 bridgehead atoms. The van der Waals surface area contributed by atoms with Gasteiger partial charge in [0, 0.05) is 58.0 Å². The van der Waals surface area contributed by atoms with Crippen molar-refractivity contribution in [1.82, 2.24) is 20.1 Å². The number of nitrogens with one attached hydrogen (secondary N) is 2. The molecule has 2 aromatic rings. The fourth-order valence-electron chi connectivity index (χ4n) is 4.15. The first-order valence-electron chi connectivity index (χ1n) is 11.1. The predicted octanol–water partition coefficient (Wildman–Crippen LogP) is 2.66. The summed E-state index contributed by atoms with van der Waals surface area (Å²) in [5.74, 6) is -0.986. The van der Waals surface area contributed by atoms with Gasteiger partial charge in [0.15, 0.2) is 0 Å². The molecule has 2 N–H and O–H groups in total. The van der Waals surface area contributed by atoms with Crippen LogP contribution in [0.1, 0.15) is 35.5 Å².